The highest BCUT2D eigenvalue weighted by Gasteiger charge is 2.23. The van der Waals surface area contributed by atoms with E-state index in [1.807, 2.05) is 60.7 Å². The molecule has 0 saturated heterocycles. The van der Waals surface area contributed by atoms with Crippen molar-refractivity contribution in [3.05, 3.63) is 71.8 Å². The van der Waals surface area contributed by atoms with Crippen LogP contribution in [0.5, 0.6) is 0 Å². The van der Waals surface area contributed by atoms with Crippen LogP contribution in [0.4, 0.5) is 0 Å². The number of nitrogens with zero attached hydrogens (tertiary/aromatic N) is 1. The lowest BCUT2D eigenvalue weighted by molar-refractivity contribution is -0.129. The Balaban J connectivity index is 0.000000301. The zero-order valence-corrected chi connectivity index (χ0v) is 21.9. The Morgan fingerprint density at radius 1 is 0.636 bits per heavy atom. The molecule has 1 fully saturated rings. The molecule has 0 N–H and O–H groups in total. The summed E-state index contributed by atoms with van der Waals surface area (Å²) in [6, 6.07) is 19.8. The molecule has 3 rings (SSSR count). The molecular formula is C31H49NO. The molecule has 0 bridgehead atoms. The van der Waals surface area contributed by atoms with Crippen LogP contribution in [0.3, 0.4) is 0 Å². The van der Waals surface area contributed by atoms with Crippen molar-refractivity contribution >= 4 is 5.91 Å². The van der Waals surface area contributed by atoms with E-state index < -0.39 is 0 Å². The SMILES string of the molecule is C1CCCCC1.CCCCCCCCC.CN(C)C(=O)C(c1ccccc1)c1ccccc1. The first kappa shape index (κ1) is 28.9. The van der Waals surface area contributed by atoms with Gasteiger partial charge in [0.05, 0.1) is 5.92 Å². The highest BCUT2D eigenvalue weighted by molar-refractivity contribution is 5.86. The average molecular weight is 452 g/mol. The van der Waals surface area contributed by atoms with Gasteiger partial charge in [0.15, 0.2) is 0 Å². The molecule has 1 saturated carbocycles. The van der Waals surface area contributed by atoms with E-state index >= 15 is 0 Å². The molecule has 1 aliphatic carbocycles. The number of benzene rings is 2. The fourth-order valence-electron chi connectivity index (χ4n) is 4.12. The van der Waals surface area contributed by atoms with Crippen molar-refractivity contribution in [3.63, 3.8) is 0 Å². The van der Waals surface area contributed by atoms with Crippen LogP contribution in [0.15, 0.2) is 60.7 Å². The lowest BCUT2D eigenvalue weighted by atomic mass is 9.90. The van der Waals surface area contributed by atoms with Gasteiger partial charge < -0.3 is 4.90 Å². The van der Waals surface area contributed by atoms with E-state index in [-0.39, 0.29) is 11.8 Å². The van der Waals surface area contributed by atoms with E-state index in [4.69, 9.17) is 0 Å². The Bertz CT molecular complexity index is 634. The minimum atomic E-state index is -0.220. The molecule has 0 radical (unpaired) electrons. The normalized spacial score (nSPS) is 12.8. The molecule has 0 heterocycles. The summed E-state index contributed by atoms with van der Waals surface area (Å²) in [4.78, 5) is 14.0. The van der Waals surface area contributed by atoms with Crippen molar-refractivity contribution in [2.24, 2.45) is 0 Å². The first-order chi connectivity index (χ1) is 16.1. The van der Waals surface area contributed by atoms with Gasteiger partial charge in [-0.05, 0) is 11.1 Å². The summed E-state index contributed by atoms with van der Waals surface area (Å²) in [6.45, 7) is 4.53. The lowest BCUT2D eigenvalue weighted by Crippen LogP contribution is -2.28. The molecular weight excluding hydrogens is 402 g/mol. The fraction of sp³-hybridized carbons (Fsp3) is 0.581. The summed E-state index contributed by atoms with van der Waals surface area (Å²) in [5, 5.41) is 0. The van der Waals surface area contributed by atoms with Crippen molar-refractivity contribution in [3.8, 4) is 0 Å². The summed E-state index contributed by atoms with van der Waals surface area (Å²) >= 11 is 0. The molecule has 2 nitrogen and oxygen atoms in total. The molecule has 2 aromatic carbocycles. The van der Waals surface area contributed by atoms with Gasteiger partial charge in [-0.2, -0.15) is 0 Å². The van der Waals surface area contributed by atoms with Crippen molar-refractivity contribution in [2.75, 3.05) is 14.1 Å². The molecule has 2 aromatic rings. The average Bonchev–Trinajstić information content (AvgIpc) is 2.87. The Labute approximate surface area is 204 Å². The monoisotopic (exact) mass is 451 g/mol. The Morgan fingerprint density at radius 3 is 1.27 bits per heavy atom. The number of rotatable bonds is 9. The quantitative estimate of drug-likeness (QED) is 0.348. The van der Waals surface area contributed by atoms with Gasteiger partial charge in [0.2, 0.25) is 5.91 Å². The molecule has 0 aromatic heterocycles. The van der Waals surface area contributed by atoms with Crippen LogP contribution in [-0.4, -0.2) is 24.9 Å². The zero-order chi connectivity index (χ0) is 24.2. The molecule has 2 heteroatoms. The second-order valence-corrected chi connectivity index (χ2v) is 9.38. The zero-order valence-electron chi connectivity index (χ0n) is 21.9. The van der Waals surface area contributed by atoms with Crippen LogP contribution in [-0.2, 0) is 4.79 Å². The molecule has 1 amide bonds. The minimum absolute atomic E-state index is 0.104. The molecule has 0 unspecified atom stereocenters. The van der Waals surface area contributed by atoms with Crippen LogP contribution in [0, 0.1) is 0 Å². The third kappa shape index (κ3) is 13.3. The van der Waals surface area contributed by atoms with E-state index in [1.165, 1.54) is 83.5 Å². The topological polar surface area (TPSA) is 20.3 Å². The van der Waals surface area contributed by atoms with Crippen molar-refractivity contribution in [2.45, 2.75) is 103 Å². The smallest absolute Gasteiger partial charge is 0.234 e. The first-order valence-electron chi connectivity index (χ1n) is 13.4. The van der Waals surface area contributed by atoms with Gasteiger partial charge in [0.1, 0.15) is 0 Å². The van der Waals surface area contributed by atoms with Gasteiger partial charge in [0, 0.05) is 14.1 Å². The predicted molar refractivity (Wildman–Crippen MR) is 145 cm³/mol. The second kappa shape index (κ2) is 19.4. The van der Waals surface area contributed by atoms with E-state index in [0.717, 1.165) is 11.1 Å². The summed E-state index contributed by atoms with van der Waals surface area (Å²) in [6.07, 6.45) is 19.0. The van der Waals surface area contributed by atoms with Crippen LogP contribution < -0.4 is 0 Å². The van der Waals surface area contributed by atoms with Crippen molar-refractivity contribution < 1.29 is 4.79 Å². The third-order valence-electron chi connectivity index (χ3n) is 6.16. The van der Waals surface area contributed by atoms with E-state index in [1.54, 1.807) is 19.0 Å². The number of carbonyl (C=O) groups excluding carboxylic acids is 1. The number of hydrogen-bond acceptors (Lipinski definition) is 1. The van der Waals surface area contributed by atoms with Crippen LogP contribution in [0.25, 0.3) is 0 Å². The van der Waals surface area contributed by atoms with E-state index in [0.29, 0.717) is 0 Å². The maximum atomic E-state index is 12.4. The number of unbranched alkanes of at least 4 members (excludes halogenated alkanes) is 6. The Morgan fingerprint density at radius 2 is 0.970 bits per heavy atom. The molecule has 184 valence electrons. The standard InChI is InChI=1S/C16H17NO.C9H20.C6H12/c1-17(2)16(18)15(13-9-5-3-6-10-13)14-11-7-4-8-12-14;1-3-5-7-9-8-6-4-2;1-2-4-6-5-3-1/h3-12,15H,1-2H3;3-9H2,1-2H3;1-6H2. The molecule has 33 heavy (non-hydrogen) atoms. The van der Waals surface area contributed by atoms with Crippen LogP contribution in [0.1, 0.15) is 114 Å². The lowest BCUT2D eigenvalue weighted by Gasteiger charge is -2.21. The van der Waals surface area contributed by atoms with Gasteiger partial charge >= 0.3 is 0 Å². The van der Waals surface area contributed by atoms with Gasteiger partial charge in [-0.15, -0.1) is 0 Å². The molecule has 0 spiro atoms. The van der Waals surface area contributed by atoms with E-state index in [9.17, 15) is 4.79 Å². The van der Waals surface area contributed by atoms with Gasteiger partial charge in [0.25, 0.3) is 0 Å². The van der Waals surface area contributed by atoms with Crippen molar-refractivity contribution in [1.82, 2.24) is 4.90 Å². The van der Waals surface area contributed by atoms with Gasteiger partial charge in [-0.3, -0.25) is 4.79 Å². The summed E-state index contributed by atoms with van der Waals surface area (Å²) in [7, 11) is 3.59. The fourth-order valence-corrected chi connectivity index (χ4v) is 4.12. The second-order valence-electron chi connectivity index (χ2n) is 9.38. The Hall–Kier alpha value is -2.09. The maximum absolute atomic E-state index is 12.4. The number of likely N-dealkylation sites (N-methyl/N-ethyl adjacent to an activating group) is 1. The number of amides is 1. The minimum Gasteiger partial charge on any atom is -0.348 e. The van der Waals surface area contributed by atoms with Crippen LogP contribution in [0.2, 0.25) is 0 Å². The number of hydrogen-bond donors (Lipinski definition) is 0. The molecule has 0 aliphatic heterocycles. The van der Waals surface area contributed by atoms with Crippen LogP contribution >= 0.6 is 0 Å². The molecule has 0 atom stereocenters. The molecule has 1 aliphatic rings. The largest absolute Gasteiger partial charge is 0.348 e. The Kier molecular flexibility index (Phi) is 17.0. The summed E-state index contributed by atoms with van der Waals surface area (Å²) in [5.74, 6) is -0.116. The van der Waals surface area contributed by atoms with Crippen molar-refractivity contribution in [1.29, 1.82) is 0 Å². The number of carbonyl (C=O) groups is 1. The summed E-state index contributed by atoms with van der Waals surface area (Å²) < 4.78 is 0. The van der Waals surface area contributed by atoms with Gasteiger partial charge in [-0.25, -0.2) is 0 Å². The van der Waals surface area contributed by atoms with E-state index in [2.05, 4.69) is 13.8 Å². The first-order valence-corrected chi connectivity index (χ1v) is 13.4. The third-order valence-corrected chi connectivity index (χ3v) is 6.16. The summed E-state index contributed by atoms with van der Waals surface area (Å²) in [5.41, 5.74) is 2.06. The maximum Gasteiger partial charge on any atom is 0.234 e. The van der Waals surface area contributed by atoms with Gasteiger partial charge in [-0.1, -0.05) is 158 Å². The highest BCUT2D eigenvalue weighted by Crippen LogP contribution is 2.26. The predicted octanol–water partition coefficient (Wildman–Crippen LogP) is 9.00. The highest BCUT2D eigenvalue weighted by atomic mass is 16.2.